The lowest BCUT2D eigenvalue weighted by atomic mass is 10.1. The van der Waals surface area contributed by atoms with E-state index in [1.807, 2.05) is 176 Å². The van der Waals surface area contributed by atoms with E-state index in [0.29, 0.717) is 39.9 Å². The maximum Gasteiger partial charge on any atom is 0.340 e. The summed E-state index contributed by atoms with van der Waals surface area (Å²) in [6.07, 6.45) is 0. The molecule has 0 spiro atoms. The van der Waals surface area contributed by atoms with E-state index in [4.69, 9.17) is 24.9 Å². The fourth-order valence-electron chi connectivity index (χ4n) is 7.15. The third kappa shape index (κ3) is 5.24. The van der Waals surface area contributed by atoms with Crippen molar-refractivity contribution in [2.45, 2.75) is 0 Å². The average molecular weight is 696 g/mol. The van der Waals surface area contributed by atoms with Gasteiger partial charge in [-0.3, -0.25) is 4.40 Å². The maximum atomic E-state index is 15.3. The van der Waals surface area contributed by atoms with E-state index in [9.17, 15) is 0 Å². The lowest BCUT2D eigenvalue weighted by Gasteiger charge is -2.15. The predicted octanol–water partition coefficient (Wildman–Crippen LogP) is 9.71. The first kappa shape index (κ1) is 31.2. The van der Waals surface area contributed by atoms with Crippen LogP contribution in [0.15, 0.2) is 181 Å². The predicted molar refractivity (Wildman–Crippen MR) is 214 cm³/mol. The molecule has 6 aromatic carbocycles. The van der Waals surface area contributed by atoms with Gasteiger partial charge in [-0.2, -0.15) is 0 Å². The quantitative estimate of drug-likeness (QED) is 0.172. The topological polar surface area (TPSA) is 90.9 Å². The molecule has 0 fully saturated rings. The van der Waals surface area contributed by atoms with Crippen molar-refractivity contribution in [3.8, 4) is 62.6 Å². The van der Waals surface area contributed by atoms with Crippen LogP contribution in [-0.2, 0) is 0 Å². The first-order valence-electron chi connectivity index (χ1n) is 17.7. The van der Waals surface area contributed by atoms with E-state index in [0.717, 1.165) is 44.1 Å². The molecule has 0 saturated carbocycles. The van der Waals surface area contributed by atoms with E-state index in [2.05, 4.69) is 0 Å². The van der Waals surface area contributed by atoms with Crippen molar-refractivity contribution in [2.75, 3.05) is 0 Å². The lowest BCUT2D eigenvalue weighted by molar-refractivity contribution is 0.868. The molecule has 4 heterocycles. The second kappa shape index (κ2) is 12.9. The Kier molecular flexibility index (Phi) is 7.44. The van der Waals surface area contributed by atoms with Crippen molar-refractivity contribution in [3.63, 3.8) is 0 Å². The zero-order valence-electron chi connectivity index (χ0n) is 28.8. The Morgan fingerprint density at radius 1 is 0.389 bits per heavy atom. The molecule has 0 aliphatic heterocycles. The van der Waals surface area contributed by atoms with Gasteiger partial charge < -0.3 is 0 Å². The van der Waals surface area contributed by atoms with E-state index < -0.39 is 0 Å². The molecule has 8 heteroatoms. The Morgan fingerprint density at radius 2 is 0.815 bits per heavy atom. The van der Waals surface area contributed by atoms with Gasteiger partial charge in [-0.1, -0.05) is 158 Å². The number of benzene rings is 6. The highest BCUT2D eigenvalue weighted by atomic mass is 16.1. The van der Waals surface area contributed by atoms with E-state index in [1.54, 1.807) is 8.97 Å². The number of hydrogen-bond acceptors (Lipinski definition) is 6. The van der Waals surface area contributed by atoms with Crippen LogP contribution in [0.3, 0.4) is 0 Å². The van der Waals surface area contributed by atoms with Gasteiger partial charge in [0.25, 0.3) is 0 Å². The molecule has 10 aromatic rings. The van der Waals surface area contributed by atoms with E-state index in [-0.39, 0.29) is 11.6 Å². The number of hydrogen-bond donors (Lipinski definition) is 0. The van der Waals surface area contributed by atoms with Crippen molar-refractivity contribution in [3.05, 3.63) is 186 Å². The first-order valence-corrected chi connectivity index (χ1v) is 17.7. The van der Waals surface area contributed by atoms with Gasteiger partial charge in [0.1, 0.15) is 0 Å². The summed E-state index contributed by atoms with van der Waals surface area (Å²) in [5, 5.41) is 1.66. The Bertz CT molecular complexity index is 2940. The standard InChI is InChI=1S/C46H29N7O/c54-46-52-38-27-15-13-25-34(38)40(44-50-42(32-21-9-3-10-22-32)49-43(51-44)33-23-11-4-12-24-33)41(52)35-26-14-16-28-39(35)53(46)45-47-36(30-17-5-1-6-18-30)29-37(48-45)31-19-7-2-8-20-31/h1-29H. The van der Waals surface area contributed by atoms with Crippen LogP contribution in [0.4, 0.5) is 0 Å². The molecule has 0 unspecified atom stereocenters. The number of fused-ring (bicyclic) bond motifs is 5. The molecule has 10 rings (SSSR count). The maximum absolute atomic E-state index is 15.3. The van der Waals surface area contributed by atoms with Crippen molar-refractivity contribution in [1.82, 2.24) is 33.9 Å². The summed E-state index contributed by atoms with van der Waals surface area (Å²) in [4.78, 5) is 40.5. The van der Waals surface area contributed by atoms with Crippen molar-refractivity contribution in [2.24, 2.45) is 0 Å². The highest BCUT2D eigenvalue weighted by molar-refractivity contribution is 6.13. The molecule has 0 amide bonds. The summed E-state index contributed by atoms with van der Waals surface area (Å²) in [6.45, 7) is 0. The second-order valence-corrected chi connectivity index (χ2v) is 12.9. The van der Waals surface area contributed by atoms with Gasteiger partial charge in [-0.15, -0.1) is 0 Å². The molecule has 254 valence electrons. The summed E-state index contributed by atoms with van der Waals surface area (Å²) >= 11 is 0. The molecule has 0 aliphatic carbocycles. The third-order valence-corrected chi connectivity index (χ3v) is 9.63. The minimum atomic E-state index is -0.309. The third-order valence-electron chi connectivity index (χ3n) is 9.63. The molecule has 8 nitrogen and oxygen atoms in total. The normalized spacial score (nSPS) is 11.4. The largest absolute Gasteiger partial charge is 0.340 e. The summed E-state index contributed by atoms with van der Waals surface area (Å²) in [6, 6.07) is 57.4. The molecule has 0 bridgehead atoms. The van der Waals surface area contributed by atoms with Crippen LogP contribution in [0.1, 0.15) is 0 Å². The molecule has 0 N–H and O–H groups in total. The first-order chi connectivity index (χ1) is 26.7. The summed E-state index contributed by atoms with van der Waals surface area (Å²) in [5.74, 6) is 1.83. The molecule has 54 heavy (non-hydrogen) atoms. The number of rotatable bonds is 6. The van der Waals surface area contributed by atoms with Gasteiger partial charge in [0.2, 0.25) is 5.95 Å². The number of aromatic nitrogens is 7. The molecule has 0 saturated heterocycles. The Hall–Kier alpha value is -7.58. The Labute approximate surface area is 309 Å². The minimum Gasteiger partial charge on any atom is -0.260 e. The van der Waals surface area contributed by atoms with Crippen LogP contribution < -0.4 is 5.69 Å². The fraction of sp³-hybridized carbons (Fsp3) is 0. The van der Waals surface area contributed by atoms with Gasteiger partial charge in [-0.25, -0.2) is 34.3 Å². The zero-order chi connectivity index (χ0) is 36.0. The van der Waals surface area contributed by atoms with Crippen LogP contribution in [-0.4, -0.2) is 33.9 Å². The number of nitrogens with zero attached hydrogens (tertiary/aromatic N) is 7. The monoisotopic (exact) mass is 695 g/mol. The van der Waals surface area contributed by atoms with E-state index in [1.165, 1.54) is 0 Å². The molecule has 4 aromatic heterocycles. The van der Waals surface area contributed by atoms with Crippen LogP contribution >= 0.6 is 0 Å². The smallest absolute Gasteiger partial charge is 0.260 e. The van der Waals surface area contributed by atoms with Gasteiger partial charge in [0.05, 0.1) is 33.5 Å². The molecule has 0 atom stereocenters. The summed E-state index contributed by atoms with van der Waals surface area (Å²) in [7, 11) is 0. The van der Waals surface area contributed by atoms with Gasteiger partial charge >= 0.3 is 5.69 Å². The average Bonchev–Trinajstić information content (AvgIpc) is 3.61. The van der Waals surface area contributed by atoms with Crippen LogP contribution in [0, 0.1) is 0 Å². The molecular weight excluding hydrogens is 667 g/mol. The highest BCUT2D eigenvalue weighted by Crippen LogP contribution is 2.38. The summed E-state index contributed by atoms with van der Waals surface area (Å²) < 4.78 is 3.37. The number of para-hydroxylation sites is 2. The Balaban J connectivity index is 1.31. The van der Waals surface area contributed by atoms with Crippen molar-refractivity contribution in [1.29, 1.82) is 0 Å². The minimum absolute atomic E-state index is 0.274. The molecule has 0 radical (unpaired) electrons. The highest BCUT2D eigenvalue weighted by Gasteiger charge is 2.25. The van der Waals surface area contributed by atoms with Crippen molar-refractivity contribution >= 4 is 27.3 Å². The van der Waals surface area contributed by atoms with E-state index >= 15 is 4.79 Å². The SMILES string of the molecule is O=c1n(-c2nc(-c3ccccc3)cc(-c3ccccc3)n2)c2ccccc2c2c(-c3nc(-c4ccccc4)nc(-c4ccccc4)n3)c3ccccc3n12. The van der Waals surface area contributed by atoms with Crippen molar-refractivity contribution < 1.29 is 0 Å². The van der Waals surface area contributed by atoms with Crippen LogP contribution in [0.5, 0.6) is 0 Å². The van der Waals surface area contributed by atoms with Crippen LogP contribution in [0.2, 0.25) is 0 Å². The molecule has 0 aliphatic rings. The zero-order valence-corrected chi connectivity index (χ0v) is 28.8. The van der Waals surface area contributed by atoms with Gasteiger partial charge in [-0.05, 0) is 18.2 Å². The lowest BCUT2D eigenvalue weighted by Crippen LogP contribution is -2.27. The van der Waals surface area contributed by atoms with Gasteiger partial charge in [0, 0.05) is 33.0 Å². The summed E-state index contributed by atoms with van der Waals surface area (Å²) in [5.41, 5.74) is 7.49. The second-order valence-electron chi connectivity index (χ2n) is 12.9. The Morgan fingerprint density at radius 3 is 1.35 bits per heavy atom. The van der Waals surface area contributed by atoms with Gasteiger partial charge in [0.15, 0.2) is 17.5 Å². The fourth-order valence-corrected chi connectivity index (χ4v) is 7.15. The van der Waals surface area contributed by atoms with Crippen LogP contribution in [0.25, 0.3) is 89.9 Å². The molecular formula is C46H29N7O.